The number of fused-ring (bicyclic) bond motifs is 1. The van der Waals surface area contributed by atoms with E-state index in [0.717, 1.165) is 16.7 Å². The van der Waals surface area contributed by atoms with E-state index in [-0.39, 0.29) is 0 Å². The van der Waals surface area contributed by atoms with Crippen LogP contribution in [0, 0.1) is 0 Å². The predicted molar refractivity (Wildman–Crippen MR) is 82.7 cm³/mol. The van der Waals surface area contributed by atoms with Crippen molar-refractivity contribution in [1.29, 1.82) is 0 Å². The lowest BCUT2D eigenvalue weighted by molar-refractivity contribution is 0.0599. The van der Waals surface area contributed by atoms with Gasteiger partial charge in [0, 0.05) is 16.4 Å². The van der Waals surface area contributed by atoms with Crippen molar-refractivity contribution in [2.75, 3.05) is 12.4 Å². The summed E-state index contributed by atoms with van der Waals surface area (Å²) in [6, 6.07) is 7.22. The first-order chi connectivity index (χ1) is 10.2. The number of carbonyl (C=O) groups is 1. The van der Waals surface area contributed by atoms with Crippen LogP contribution in [0.5, 0.6) is 0 Å². The van der Waals surface area contributed by atoms with E-state index in [4.69, 9.17) is 4.74 Å². The monoisotopic (exact) mass is 346 g/mol. The first-order valence-electron chi connectivity index (χ1n) is 6.12. The molecular weight excluding hydrogens is 336 g/mol. The molecule has 2 aromatic heterocycles. The minimum Gasteiger partial charge on any atom is -0.465 e. The third-order valence-corrected chi connectivity index (χ3v) is 3.68. The largest absolute Gasteiger partial charge is 0.465 e. The van der Waals surface area contributed by atoms with Crippen LogP contribution >= 0.6 is 15.9 Å². The van der Waals surface area contributed by atoms with E-state index in [1.165, 1.54) is 13.4 Å². The maximum Gasteiger partial charge on any atom is 0.339 e. The Balaban J connectivity index is 1.98. The van der Waals surface area contributed by atoms with Crippen molar-refractivity contribution in [3.63, 3.8) is 0 Å². The second-order valence-electron chi connectivity index (χ2n) is 4.27. The van der Waals surface area contributed by atoms with Crippen LogP contribution in [-0.2, 0) is 4.74 Å². The highest BCUT2D eigenvalue weighted by atomic mass is 79.9. The van der Waals surface area contributed by atoms with Gasteiger partial charge in [-0.3, -0.25) is 0 Å². The molecule has 0 saturated heterocycles. The van der Waals surface area contributed by atoms with E-state index in [9.17, 15) is 4.79 Å². The summed E-state index contributed by atoms with van der Waals surface area (Å²) >= 11 is 3.33. The van der Waals surface area contributed by atoms with E-state index in [1.54, 1.807) is 18.3 Å². The lowest BCUT2D eigenvalue weighted by atomic mass is 10.2. The first-order valence-corrected chi connectivity index (χ1v) is 6.91. The number of ether oxygens (including phenoxy) is 1. The fourth-order valence-corrected chi connectivity index (χ4v) is 2.39. The lowest BCUT2D eigenvalue weighted by Crippen LogP contribution is -2.03. The minimum atomic E-state index is -0.403. The quantitative estimate of drug-likeness (QED) is 0.711. The van der Waals surface area contributed by atoms with Crippen LogP contribution in [0.4, 0.5) is 11.5 Å². The number of aromatic amines is 1. The molecule has 0 bridgehead atoms. The topological polar surface area (TPSA) is 79.9 Å². The lowest BCUT2D eigenvalue weighted by Gasteiger charge is -2.09. The van der Waals surface area contributed by atoms with Gasteiger partial charge < -0.3 is 15.0 Å². The molecule has 0 aliphatic rings. The second kappa shape index (κ2) is 5.53. The van der Waals surface area contributed by atoms with E-state index in [2.05, 4.69) is 36.2 Å². The van der Waals surface area contributed by atoms with Gasteiger partial charge >= 0.3 is 5.97 Å². The summed E-state index contributed by atoms with van der Waals surface area (Å²) in [7, 11) is 1.35. The van der Waals surface area contributed by atoms with Gasteiger partial charge in [0.2, 0.25) is 0 Å². The summed E-state index contributed by atoms with van der Waals surface area (Å²) in [6.07, 6.45) is 3.27. The highest BCUT2D eigenvalue weighted by Crippen LogP contribution is 2.26. The molecule has 0 atom stereocenters. The molecule has 106 valence electrons. The Hall–Kier alpha value is -2.41. The van der Waals surface area contributed by atoms with Crippen molar-refractivity contribution in [3.8, 4) is 0 Å². The average Bonchev–Trinajstić information content (AvgIpc) is 2.98. The summed E-state index contributed by atoms with van der Waals surface area (Å²) in [6.45, 7) is 0. The minimum absolute atomic E-state index is 0.403. The normalized spacial score (nSPS) is 10.6. The molecule has 2 heterocycles. The van der Waals surface area contributed by atoms with Crippen molar-refractivity contribution in [1.82, 2.24) is 15.0 Å². The zero-order valence-electron chi connectivity index (χ0n) is 11.1. The van der Waals surface area contributed by atoms with Gasteiger partial charge in [0.05, 0.1) is 18.1 Å². The third kappa shape index (κ3) is 2.59. The Labute approximate surface area is 128 Å². The Bertz CT molecular complexity index is 816. The molecular formula is C14H11BrN4O2. The summed E-state index contributed by atoms with van der Waals surface area (Å²) in [4.78, 5) is 23.1. The van der Waals surface area contributed by atoms with E-state index in [0.29, 0.717) is 15.9 Å². The average molecular weight is 347 g/mol. The van der Waals surface area contributed by atoms with Crippen LogP contribution in [0.15, 0.2) is 41.3 Å². The number of benzene rings is 1. The van der Waals surface area contributed by atoms with Gasteiger partial charge in [-0.25, -0.2) is 14.8 Å². The molecule has 6 nitrogen and oxygen atoms in total. The number of anilines is 2. The van der Waals surface area contributed by atoms with Crippen molar-refractivity contribution < 1.29 is 9.53 Å². The first kappa shape index (κ1) is 13.6. The molecule has 0 aliphatic heterocycles. The van der Waals surface area contributed by atoms with Crippen LogP contribution in [0.25, 0.3) is 11.0 Å². The SMILES string of the molecule is COC(=O)c1cc(Nc2ncnc3[nH]ccc23)ccc1Br. The van der Waals surface area contributed by atoms with Gasteiger partial charge in [-0.1, -0.05) is 0 Å². The summed E-state index contributed by atoms with van der Waals surface area (Å²) in [5.41, 5.74) is 1.93. The molecule has 0 aliphatic carbocycles. The van der Waals surface area contributed by atoms with Crippen molar-refractivity contribution >= 4 is 44.4 Å². The van der Waals surface area contributed by atoms with Crippen LogP contribution < -0.4 is 5.32 Å². The predicted octanol–water partition coefficient (Wildman–Crippen LogP) is 3.25. The van der Waals surface area contributed by atoms with Gasteiger partial charge in [0.25, 0.3) is 0 Å². The fraction of sp³-hybridized carbons (Fsp3) is 0.0714. The number of carbonyl (C=O) groups excluding carboxylic acids is 1. The van der Waals surface area contributed by atoms with E-state index in [1.807, 2.05) is 12.1 Å². The summed E-state index contributed by atoms with van der Waals surface area (Å²) in [5.74, 6) is 0.263. The molecule has 0 saturated carbocycles. The number of halogens is 1. The Morgan fingerprint density at radius 2 is 2.19 bits per heavy atom. The number of esters is 1. The van der Waals surface area contributed by atoms with Crippen molar-refractivity contribution in [3.05, 3.63) is 46.8 Å². The number of methoxy groups -OCH3 is 1. The van der Waals surface area contributed by atoms with E-state index >= 15 is 0 Å². The zero-order chi connectivity index (χ0) is 14.8. The highest BCUT2D eigenvalue weighted by Gasteiger charge is 2.12. The number of H-pyrrole nitrogens is 1. The number of rotatable bonds is 3. The van der Waals surface area contributed by atoms with Crippen molar-refractivity contribution in [2.45, 2.75) is 0 Å². The summed E-state index contributed by atoms with van der Waals surface area (Å²) in [5, 5.41) is 4.05. The molecule has 0 spiro atoms. The number of hydrogen-bond acceptors (Lipinski definition) is 5. The zero-order valence-corrected chi connectivity index (χ0v) is 12.6. The highest BCUT2D eigenvalue weighted by molar-refractivity contribution is 9.10. The van der Waals surface area contributed by atoms with E-state index < -0.39 is 5.97 Å². The molecule has 0 unspecified atom stereocenters. The molecule has 0 amide bonds. The third-order valence-electron chi connectivity index (χ3n) is 2.99. The molecule has 0 fully saturated rings. The van der Waals surface area contributed by atoms with Gasteiger partial charge in [-0.05, 0) is 40.2 Å². The molecule has 2 N–H and O–H groups in total. The molecule has 3 aromatic rings. The Kier molecular flexibility index (Phi) is 3.57. The number of aromatic nitrogens is 3. The molecule has 7 heteroatoms. The molecule has 0 radical (unpaired) electrons. The maximum atomic E-state index is 11.7. The Morgan fingerprint density at radius 3 is 3.00 bits per heavy atom. The Morgan fingerprint density at radius 1 is 1.33 bits per heavy atom. The van der Waals surface area contributed by atoms with Crippen LogP contribution in [0.2, 0.25) is 0 Å². The number of hydrogen-bond donors (Lipinski definition) is 2. The van der Waals surface area contributed by atoms with Gasteiger partial charge in [-0.2, -0.15) is 0 Å². The van der Waals surface area contributed by atoms with Crippen LogP contribution in [0.3, 0.4) is 0 Å². The molecule has 21 heavy (non-hydrogen) atoms. The summed E-state index contributed by atoms with van der Waals surface area (Å²) < 4.78 is 5.43. The van der Waals surface area contributed by atoms with Gasteiger partial charge in [0.15, 0.2) is 0 Å². The van der Waals surface area contributed by atoms with Gasteiger partial charge in [-0.15, -0.1) is 0 Å². The number of nitrogens with one attached hydrogen (secondary N) is 2. The van der Waals surface area contributed by atoms with Crippen LogP contribution in [0.1, 0.15) is 10.4 Å². The standard InChI is InChI=1S/C14H11BrN4O2/c1-21-14(20)10-6-8(2-3-11(10)15)19-13-9-4-5-16-12(9)17-7-18-13/h2-7H,1H3,(H2,16,17,18,19). The smallest absolute Gasteiger partial charge is 0.339 e. The fourth-order valence-electron chi connectivity index (χ4n) is 1.98. The van der Waals surface area contributed by atoms with Crippen molar-refractivity contribution in [2.24, 2.45) is 0 Å². The maximum absolute atomic E-state index is 11.7. The van der Waals surface area contributed by atoms with Crippen LogP contribution in [-0.4, -0.2) is 28.0 Å². The number of nitrogens with zero attached hydrogens (tertiary/aromatic N) is 2. The molecule has 1 aromatic carbocycles. The van der Waals surface area contributed by atoms with Gasteiger partial charge in [0.1, 0.15) is 17.8 Å². The molecule has 3 rings (SSSR count). The second-order valence-corrected chi connectivity index (χ2v) is 5.13.